The van der Waals surface area contributed by atoms with Crippen LogP contribution in [0, 0.1) is 0 Å². The highest BCUT2D eigenvalue weighted by Crippen LogP contribution is 2.18. The molecule has 3 aromatic rings. The van der Waals surface area contributed by atoms with E-state index >= 15 is 0 Å². The first-order chi connectivity index (χ1) is 12.7. The topological polar surface area (TPSA) is 100 Å². The number of anilines is 2. The van der Waals surface area contributed by atoms with Crippen LogP contribution >= 0.6 is 0 Å². The fraction of sp³-hybridized carbons (Fsp3) is 0.222. The van der Waals surface area contributed by atoms with Gasteiger partial charge in [-0.1, -0.05) is 18.2 Å². The van der Waals surface area contributed by atoms with Crippen molar-refractivity contribution in [3.63, 3.8) is 0 Å². The Morgan fingerprint density at radius 3 is 2.62 bits per heavy atom. The summed E-state index contributed by atoms with van der Waals surface area (Å²) in [6.45, 7) is 3.04. The summed E-state index contributed by atoms with van der Waals surface area (Å²) in [5.41, 5.74) is 0.809. The molecular weight excluding hydrogens is 334 g/mol. The number of H-pyrrole nitrogens is 1. The van der Waals surface area contributed by atoms with E-state index in [-0.39, 0.29) is 11.3 Å². The number of nitrogens with one attached hydrogen (secondary N) is 2. The molecule has 0 saturated carbocycles. The number of fused-ring (bicyclic) bond motifs is 1. The molecule has 1 saturated heterocycles. The monoisotopic (exact) mass is 351 g/mol. The number of aromatic amines is 1. The maximum absolute atomic E-state index is 12.6. The van der Waals surface area contributed by atoms with Crippen LogP contribution in [0.4, 0.5) is 11.5 Å². The van der Waals surface area contributed by atoms with Gasteiger partial charge in [-0.15, -0.1) is 0 Å². The van der Waals surface area contributed by atoms with Gasteiger partial charge in [-0.2, -0.15) is 5.10 Å². The highest BCUT2D eigenvalue weighted by Gasteiger charge is 2.15. The number of rotatable bonds is 3. The predicted octanol–water partition coefficient (Wildman–Crippen LogP) is 1.41. The summed E-state index contributed by atoms with van der Waals surface area (Å²) in [6.07, 6.45) is 1.72. The molecule has 0 aliphatic carbocycles. The fourth-order valence-corrected chi connectivity index (χ4v) is 2.93. The lowest BCUT2D eigenvalue weighted by atomic mass is 10.1. The molecule has 0 spiro atoms. The number of aromatic nitrogens is 3. The largest absolute Gasteiger partial charge is 0.378 e. The third kappa shape index (κ3) is 3.14. The number of carbonyl (C=O) groups excluding carboxylic acids is 1. The number of carbonyl (C=O) groups is 1. The highest BCUT2D eigenvalue weighted by molar-refractivity contribution is 6.10. The second-order valence-electron chi connectivity index (χ2n) is 5.90. The molecule has 2 aromatic heterocycles. The average molecular weight is 351 g/mol. The summed E-state index contributed by atoms with van der Waals surface area (Å²) in [7, 11) is 0. The van der Waals surface area contributed by atoms with Crippen LogP contribution in [0.3, 0.4) is 0 Å². The van der Waals surface area contributed by atoms with E-state index in [2.05, 4.69) is 25.4 Å². The molecule has 8 nitrogen and oxygen atoms in total. The van der Waals surface area contributed by atoms with Gasteiger partial charge >= 0.3 is 0 Å². The van der Waals surface area contributed by atoms with E-state index in [1.807, 2.05) is 6.07 Å². The summed E-state index contributed by atoms with van der Waals surface area (Å²) < 4.78 is 5.34. The number of ether oxygens (including phenoxy) is 1. The molecule has 1 aromatic carbocycles. The van der Waals surface area contributed by atoms with Gasteiger partial charge in [-0.25, -0.2) is 10.1 Å². The molecule has 1 fully saturated rings. The van der Waals surface area contributed by atoms with Gasteiger partial charge < -0.3 is 15.0 Å². The Bertz CT molecular complexity index is 994. The van der Waals surface area contributed by atoms with Crippen LogP contribution in [0.15, 0.2) is 47.4 Å². The molecule has 4 rings (SSSR count). The fourth-order valence-electron chi connectivity index (χ4n) is 2.93. The van der Waals surface area contributed by atoms with Crippen LogP contribution in [-0.4, -0.2) is 47.4 Å². The maximum Gasteiger partial charge on any atom is 0.277 e. The van der Waals surface area contributed by atoms with E-state index < -0.39 is 5.91 Å². The molecule has 3 heterocycles. The molecule has 132 valence electrons. The normalized spacial score (nSPS) is 14.4. The lowest BCUT2D eigenvalue weighted by Gasteiger charge is -2.28. The highest BCUT2D eigenvalue weighted by atomic mass is 16.5. The molecule has 0 atom stereocenters. The quantitative estimate of drug-likeness (QED) is 0.740. The first-order valence-corrected chi connectivity index (χ1v) is 8.30. The molecule has 0 bridgehead atoms. The van der Waals surface area contributed by atoms with Crippen molar-refractivity contribution in [3.8, 4) is 0 Å². The zero-order valence-electron chi connectivity index (χ0n) is 13.9. The number of hydrogen-bond donors (Lipinski definition) is 2. The summed E-state index contributed by atoms with van der Waals surface area (Å²) >= 11 is 0. The van der Waals surface area contributed by atoms with E-state index in [1.165, 1.54) is 0 Å². The van der Waals surface area contributed by atoms with E-state index in [9.17, 15) is 9.59 Å². The summed E-state index contributed by atoms with van der Waals surface area (Å²) in [4.78, 5) is 30.9. The molecule has 2 N–H and O–H groups in total. The van der Waals surface area contributed by atoms with Gasteiger partial charge in [0.15, 0.2) is 5.69 Å². The van der Waals surface area contributed by atoms with Crippen molar-refractivity contribution in [2.24, 2.45) is 0 Å². The first-order valence-electron chi connectivity index (χ1n) is 8.30. The molecule has 1 aliphatic rings. The lowest BCUT2D eigenvalue weighted by molar-refractivity contribution is 0.102. The minimum absolute atomic E-state index is 0.152. The Kier molecular flexibility index (Phi) is 4.32. The van der Waals surface area contributed by atoms with Gasteiger partial charge in [0.2, 0.25) is 0 Å². The third-order valence-corrected chi connectivity index (χ3v) is 4.28. The van der Waals surface area contributed by atoms with Gasteiger partial charge in [-0.05, 0) is 18.2 Å². The summed E-state index contributed by atoms with van der Waals surface area (Å²) in [5, 5.41) is 9.89. The second kappa shape index (κ2) is 6.93. The number of amides is 1. The summed E-state index contributed by atoms with van der Waals surface area (Å²) in [5.74, 6) is -0.00633. The summed E-state index contributed by atoms with van der Waals surface area (Å²) in [6, 6.07) is 10.5. The molecule has 1 aliphatic heterocycles. The lowest BCUT2D eigenvalue weighted by Crippen LogP contribution is -2.36. The minimum Gasteiger partial charge on any atom is -0.378 e. The van der Waals surface area contributed by atoms with E-state index in [4.69, 9.17) is 4.74 Å². The molecule has 26 heavy (non-hydrogen) atoms. The van der Waals surface area contributed by atoms with E-state index in [1.54, 1.807) is 36.5 Å². The van der Waals surface area contributed by atoms with Crippen LogP contribution in [0.2, 0.25) is 0 Å². The maximum atomic E-state index is 12.6. The zero-order valence-corrected chi connectivity index (χ0v) is 13.9. The van der Waals surface area contributed by atoms with Crippen LogP contribution in [0.5, 0.6) is 0 Å². The number of nitrogens with zero attached hydrogens (tertiary/aromatic N) is 3. The first kappa shape index (κ1) is 16.2. The molecule has 8 heteroatoms. The van der Waals surface area contributed by atoms with E-state index in [0.29, 0.717) is 29.8 Å². The Hall–Kier alpha value is -3.26. The van der Waals surface area contributed by atoms with Gasteiger partial charge in [0, 0.05) is 18.5 Å². The van der Waals surface area contributed by atoms with Crippen molar-refractivity contribution < 1.29 is 9.53 Å². The van der Waals surface area contributed by atoms with Crippen molar-refractivity contribution in [1.29, 1.82) is 0 Å². The molecule has 1 amide bonds. The van der Waals surface area contributed by atoms with Crippen molar-refractivity contribution in [3.05, 3.63) is 58.6 Å². The zero-order chi connectivity index (χ0) is 17.9. The number of pyridine rings is 1. The second-order valence-corrected chi connectivity index (χ2v) is 5.90. The predicted molar refractivity (Wildman–Crippen MR) is 97.6 cm³/mol. The molecule has 0 radical (unpaired) electrons. The van der Waals surface area contributed by atoms with Crippen molar-refractivity contribution in [1.82, 2.24) is 15.2 Å². The Labute approximate surface area is 148 Å². The van der Waals surface area contributed by atoms with Crippen molar-refractivity contribution in [2.45, 2.75) is 0 Å². The number of morpholine rings is 1. The smallest absolute Gasteiger partial charge is 0.277 e. The van der Waals surface area contributed by atoms with Crippen LogP contribution < -0.4 is 15.8 Å². The van der Waals surface area contributed by atoms with Crippen LogP contribution in [0.1, 0.15) is 10.5 Å². The van der Waals surface area contributed by atoms with Gasteiger partial charge in [0.1, 0.15) is 5.82 Å². The van der Waals surface area contributed by atoms with Crippen molar-refractivity contribution in [2.75, 3.05) is 36.5 Å². The molecular formula is C18H17N5O3. The molecule has 0 unspecified atom stereocenters. The third-order valence-electron chi connectivity index (χ3n) is 4.28. The van der Waals surface area contributed by atoms with Crippen LogP contribution in [-0.2, 0) is 4.74 Å². The van der Waals surface area contributed by atoms with Gasteiger partial charge in [0.05, 0.1) is 30.5 Å². The van der Waals surface area contributed by atoms with Gasteiger partial charge in [0.25, 0.3) is 11.5 Å². The number of benzene rings is 1. The Balaban J connectivity index is 1.55. The van der Waals surface area contributed by atoms with Crippen LogP contribution in [0.25, 0.3) is 10.8 Å². The van der Waals surface area contributed by atoms with E-state index in [0.717, 1.165) is 18.8 Å². The number of hydrogen-bond acceptors (Lipinski definition) is 6. The minimum atomic E-state index is -0.427. The Morgan fingerprint density at radius 2 is 1.88 bits per heavy atom. The van der Waals surface area contributed by atoms with Crippen molar-refractivity contribution >= 4 is 28.2 Å². The Morgan fingerprint density at radius 1 is 1.12 bits per heavy atom. The average Bonchev–Trinajstić information content (AvgIpc) is 2.70. The SMILES string of the molecule is O=C(Nc1ccc(N2CCOCC2)cn1)c1n[nH]c(=O)c2ccccc12. The van der Waals surface area contributed by atoms with Gasteiger partial charge in [-0.3, -0.25) is 9.59 Å². The standard InChI is InChI=1S/C18H17N5O3/c24-17-14-4-2-1-3-13(14)16(21-22-17)18(25)20-15-6-5-12(11-19-15)23-7-9-26-10-8-23/h1-6,11H,7-10H2,(H,22,24)(H,19,20,25).